The summed E-state index contributed by atoms with van der Waals surface area (Å²) in [5.41, 5.74) is 1.58. The number of pyridine rings is 1. The summed E-state index contributed by atoms with van der Waals surface area (Å²) in [6.45, 7) is 3.85. The molecule has 6 nitrogen and oxygen atoms in total. The van der Waals surface area contributed by atoms with Crippen molar-refractivity contribution >= 4 is 11.6 Å². The summed E-state index contributed by atoms with van der Waals surface area (Å²) in [6, 6.07) is 17.6. The van der Waals surface area contributed by atoms with Gasteiger partial charge in [-0.15, -0.1) is 0 Å². The summed E-state index contributed by atoms with van der Waals surface area (Å²) in [6.07, 6.45) is 0.0271. The van der Waals surface area contributed by atoms with Crippen LogP contribution in [0.3, 0.4) is 0 Å². The first kappa shape index (κ1) is 19.2. The first-order valence-electron chi connectivity index (χ1n) is 8.92. The number of carbonyl (C=O) groups is 1. The smallest absolute Gasteiger partial charge is 0.261 e. The minimum absolute atomic E-state index is 0.0271. The maximum atomic E-state index is 12.5. The highest BCUT2D eigenvalue weighted by molar-refractivity contribution is 6.04. The van der Waals surface area contributed by atoms with Crippen LogP contribution in [0.15, 0.2) is 65.5 Å². The third-order valence-corrected chi connectivity index (χ3v) is 4.02. The number of hydrogen-bond acceptors (Lipinski definition) is 4. The molecule has 28 heavy (non-hydrogen) atoms. The Bertz CT molecular complexity index is 1020. The predicted octanol–water partition coefficient (Wildman–Crippen LogP) is 4.09. The van der Waals surface area contributed by atoms with Gasteiger partial charge < -0.3 is 19.8 Å². The van der Waals surface area contributed by atoms with Crippen molar-refractivity contribution in [2.45, 2.75) is 20.0 Å². The number of hydrogen-bond donors (Lipinski definition) is 2. The minimum Gasteiger partial charge on any atom is -0.497 e. The Kier molecular flexibility index (Phi) is 5.79. The van der Waals surface area contributed by atoms with E-state index in [0.29, 0.717) is 17.1 Å². The highest BCUT2D eigenvalue weighted by atomic mass is 16.5. The average molecular weight is 378 g/mol. The van der Waals surface area contributed by atoms with E-state index in [1.807, 2.05) is 32.0 Å². The Hall–Kier alpha value is -3.54. The summed E-state index contributed by atoms with van der Waals surface area (Å²) in [7, 11) is 1.59. The van der Waals surface area contributed by atoms with Gasteiger partial charge in [0.05, 0.1) is 13.2 Å². The van der Waals surface area contributed by atoms with Gasteiger partial charge >= 0.3 is 0 Å². The predicted molar refractivity (Wildman–Crippen MR) is 109 cm³/mol. The van der Waals surface area contributed by atoms with Gasteiger partial charge in [0.2, 0.25) is 0 Å². The van der Waals surface area contributed by atoms with Crippen molar-refractivity contribution in [1.29, 1.82) is 0 Å². The zero-order valence-electron chi connectivity index (χ0n) is 16.0. The molecule has 1 heterocycles. The topological polar surface area (TPSA) is 80.4 Å². The maximum Gasteiger partial charge on any atom is 0.261 e. The molecular weight excluding hydrogens is 356 g/mol. The van der Waals surface area contributed by atoms with Gasteiger partial charge in [-0.05, 0) is 67.9 Å². The van der Waals surface area contributed by atoms with E-state index in [1.165, 1.54) is 6.07 Å². The Morgan fingerprint density at radius 1 is 1.00 bits per heavy atom. The number of ether oxygens (including phenoxy) is 2. The van der Waals surface area contributed by atoms with E-state index in [0.717, 1.165) is 11.3 Å². The second-order valence-corrected chi connectivity index (χ2v) is 6.49. The van der Waals surface area contributed by atoms with Crippen LogP contribution in [0, 0.1) is 0 Å². The van der Waals surface area contributed by atoms with E-state index in [-0.39, 0.29) is 11.7 Å². The second kappa shape index (κ2) is 8.43. The molecule has 2 aromatic carbocycles. The van der Waals surface area contributed by atoms with E-state index in [2.05, 4.69) is 10.3 Å². The molecule has 6 heteroatoms. The van der Waals surface area contributed by atoms with Crippen LogP contribution in [0.4, 0.5) is 5.69 Å². The van der Waals surface area contributed by atoms with E-state index in [1.54, 1.807) is 43.5 Å². The lowest BCUT2D eigenvalue weighted by molar-refractivity contribution is 0.102. The fourth-order valence-electron chi connectivity index (χ4n) is 2.71. The number of benzene rings is 2. The lowest BCUT2D eigenvalue weighted by Crippen LogP contribution is -2.23. The van der Waals surface area contributed by atoms with Crippen LogP contribution in [-0.4, -0.2) is 24.1 Å². The number of H-pyrrole nitrogens is 1. The summed E-state index contributed by atoms with van der Waals surface area (Å²) in [5.74, 6) is 0.895. The van der Waals surface area contributed by atoms with Gasteiger partial charge in [0.25, 0.3) is 11.5 Å². The van der Waals surface area contributed by atoms with Crippen molar-refractivity contribution in [3.63, 3.8) is 0 Å². The molecule has 0 aliphatic carbocycles. The van der Waals surface area contributed by atoms with Crippen molar-refractivity contribution in [3.8, 4) is 22.8 Å². The van der Waals surface area contributed by atoms with Crippen molar-refractivity contribution in [2.75, 3.05) is 12.4 Å². The van der Waals surface area contributed by atoms with Gasteiger partial charge in [-0.25, -0.2) is 0 Å². The third kappa shape index (κ3) is 4.59. The first-order chi connectivity index (χ1) is 13.5. The molecule has 0 saturated heterocycles. The third-order valence-electron chi connectivity index (χ3n) is 4.02. The monoisotopic (exact) mass is 378 g/mol. The quantitative estimate of drug-likeness (QED) is 0.677. The molecule has 144 valence electrons. The zero-order valence-corrected chi connectivity index (χ0v) is 16.0. The molecule has 1 aromatic heterocycles. The standard InChI is InChI=1S/C22H22N2O4/c1-14(2)28-18-6-4-5-16(13-18)23-21(25)19-11-12-20(24-22(19)26)15-7-9-17(27-3)10-8-15/h4-14H,1-3H3,(H,23,25)(H,24,26). The van der Waals surface area contributed by atoms with Crippen LogP contribution in [0.25, 0.3) is 11.3 Å². The summed E-state index contributed by atoms with van der Waals surface area (Å²) >= 11 is 0. The van der Waals surface area contributed by atoms with E-state index >= 15 is 0 Å². The van der Waals surface area contributed by atoms with Gasteiger partial charge in [0.1, 0.15) is 17.1 Å². The molecule has 0 spiro atoms. The molecule has 0 radical (unpaired) electrons. The Morgan fingerprint density at radius 3 is 2.39 bits per heavy atom. The van der Waals surface area contributed by atoms with Crippen molar-refractivity contribution in [2.24, 2.45) is 0 Å². The van der Waals surface area contributed by atoms with Crippen LogP contribution < -0.4 is 20.3 Å². The highest BCUT2D eigenvalue weighted by Gasteiger charge is 2.12. The molecule has 0 atom stereocenters. The van der Waals surface area contributed by atoms with E-state index < -0.39 is 11.5 Å². The number of aromatic amines is 1. The Labute approximate surface area is 163 Å². The largest absolute Gasteiger partial charge is 0.497 e. The summed E-state index contributed by atoms with van der Waals surface area (Å²) in [4.78, 5) is 27.7. The van der Waals surface area contributed by atoms with Crippen LogP contribution in [-0.2, 0) is 0 Å². The molecule has 0 unspecified atom stereocenters. The maximum absolute atomic E-state index is 12.5. The lowest BCUT2D eigenvalue weighted by atomic mass is 10.1. The van der Waals surface area contributed by atoms with E-state index in [9.17, 15) is 9.59 Å². The van der Waals surface area contributed by atoms with Gasteiger partial charge in [0, 0.05) is 17.4 Å². The molecule has 0 saturated carbocycles. The van der Waals surface area contributed by atoms with Gasteiger partial charge in [-0.2, -0.15) is 0 Å². The number of methoxy groups -OCH3 is 1. The average Bonchev–Trinajstić information content (AvgIpc) is 2.67. The normalized spacial score (nSPS) is 10.6. The molecule has 0 bridgehead atoms. The number of anilines is 1. The number of aromatic nitrogens is 1. The van der Waals surface area contributed by atoms with Gasteiger partial charge in [0.15, 0.2) is 0 Å². The lowest BCUT2D eigenvalue weighted by Gasteiger charge is -2.11. The number of carbonyl (C=O) groups excluding carboxylic acids is 1. The second-order valence-electron chi connectivity index (χ2n) is 6.49. The van der Waals surface area contributed by atoms with Crippen molar-refractivity contribution < 1.29 is 14.3 Å². The molecule has 0 fully saturated rings. The molecule has 2 N–H and O–H groups in total. The molecule has 0 aliphatic heterocycles. The minimum atomic E-state index is -0.482. The SMILES string of the molecule is COc1ccc(-c2ccc(C(=O)Nc3cccc(OC(C)C)c3)c(=O)[nH]2)cc1. The molecule has 0 aliphatic rings. The van der Waals surface area contributed by atoms with Crippen molar-refractivity contribution in [3.05, 3.63) is 76.6 Å². The van der Waals surface area contributed by atoms with Crippen LogP contribution >= 0.6 is 0 Å². The Morgan fingerprint density at radius 2 is 1.75 bits per heavy atom. The summed E-state index contributed by atoms with van der Waals surface area (Å²) < 4.78 is 10.8. The number of amides is 1. The first-order valence-corrected chi connectivity index (χ1v) is 8.92. The fraction of sp³-hybridized carbons (Fsp3) is 0.182. The van der Waals surface area contributed by atoms with Crippen LogP contribution in [0.1, 0.15) is 24.2 Å². The molecular formula is C22H22N2O4. The van der Waals surface area contributed by atoms with Crippen LogP contribution in [0.2, 0.25) is 0 Å². The van der Waals surface area contributed by atoms with Gasteiger partial charge in [-0.3, -0.25) is 9.59 Å². The van der Waals surface area contributed by atoms with Gasteiger partial charge in [-0.1, -0.05) is 6.07 Å². The van der Waals surface area contributed by atoms with E-state index in [4.69, 9.17) is 9.47 Å². The highest BCUT2D eigenvalue weighted by Crippen LogP contribution is 2.21. The molecule has 3 aromatic rings. The zero-order chi connectivity index (χ0) is 20.1. The Balaban J connectivity index is 1.78. The summed E-state index contributed by atoms with van der Waals surface area (Å²) in [5, 5.41) is 2.73. The van der Waals surface area contributed by atoms with Crippen molar-refractivity contribution in [1.82, 2.24) is 4.98 Å². The number of nitrogens with one attached hydrogen (secondary N) is 2. The fourth-order valence-corrected chi connectivity index (χ4v) is 2.71. The number of rotatable bonds is 6. The molecule has 1 amide bonds. The molecule has 3 rings (SSSR count). The van der Waals surface area contributed by atoms with Crippen LogP contribution in [0.5, 0.6) is 11.5 Å².